The fourth-order valence-electron chi connectivity index (χ4n) is 3.00. The number of rotatable bonds is 4. The Morgan fingerprint density at radius 3 is 2.62 bits per heavy atom. The predicted octanol–water partition coefficient (Wildman–Crippen LogP) is 2.87. The lowest BCUT2D eigenvalue weighted by molar-refractivity contribution is -0.123. The molecule has 0 aromatic carbocycles. The van der Waals surface area contributed by atoms with Crippen molar-refractivity contribution in [3.63, 3.8) is 0 Å². The Hall–Kier alpha value is -1.82. The highest BCUT2D eigenvalue weighted by molar-refractivity contribution is 6.30. The summed E-state index contributed by atoms with van der Waals surface area (Å²) < 4.78 is 0. The number of carbonyl (C=O) groups is 2. The lowest BCUT2D eigenvalue weighted by Gasteiger charge is -2.36. The Kier molecular flexibility index (Phi) is 6.43. The number of likely N-dealkylation sites (tertiary alicyclic amines) is 1. The molecule has 0 saturated carbocycles. The van der Waals surface area contributed by atoms with Crippen molar-refractivity contribution in [2.45, 2.75) is 26.7 Å². The summed E-state index contributed by atoms with van der Waals surface area (Å²) in [7, 11) is 1.71. The minimum absolute atomic E-state index is 0.0122. The summed E-state index contributed by atoms with van der Waals surface area (Å²) in [6.45, 7) is 6.47. The van der Waals surface area contributed by atoms with Crippen LogP contribution in [0.3, 0.4) is 0 Å². The average molecular weight is 353 g/mol. The van der Waals surface area contributed by atoms with Crippen molar-refractivity contribution in [3.8, 4) is 0 Å². The van der Waals surface area contributed by atoms with Crippen LogP contribution in [0.4, 0.5) is 10.6 Å². The molecule has 1 saturated heterocycles. The van der Waals surface area contributed by atoms with Gasteiger partial charge in [-0.15, -0.1) is 0 Å². The van der Waals surface area contributed by atoms with Crippen LogP contribution in [0.15, 0.2) is 18.3 Å². The molecule has 132 valence electrons. The van der Waals surface area contributed by atoms with Crippen LogP contribution in [0, 0.1) is 5.92 Å². The zero-order valence-electron chi connectivity index (χ0n) is 14.5. The van der Waals surface area contributed by atoms with Crippen molar-refractivity contribution < 1.29 is 9.59 Å². The van der Waals surface area contributed by atoms with Crippen LogP contribution in [0.1, 0.15) is 26.7 Å². The molecule has 1 aromatic rings. The van der Waals surface area contributed by atoms with E-state index in [0.717, 1.165) is 12.8 Å². The van der Waals surface area contributed by atoms with E-state index in [1.165, 1.54) is 6.20 Å². The Bertz CT molecular complexity index is 574. The second-order valence-corrected chi connectivity index (χ2v) is 6.41. The number of anilines is 1. The second kappa shape index (κ2) is 8.33. The minimum Gasteiger partial charge on any atom is -0.325 e. The van der Waals surface area contributed by atoms with E-state index < -0.39 is 0 Å². The topological polar surface area (TPSA) is 56.8 Å². The standard InChI is InChI=1S/C17H25ClN4O2/c1-4-21(5-2)17(24)22-10-6-7-13(12-22)16(23)20(3)15-9-8-14(18)11-19-15/h8-9,11,13H,4-7,10,12H2,1-3H3. The van der Waals surface area contributed by atoms with E-state index in [2.05, 4.69) is 4.98 Å². The average Bonchev–Trinajstić information content (AvgIpc) is 2.62. The predicted molar refractivity (Wildman–Crippen MR) is 95.3 cm³/mol. The van der Waals surface area contributed by atoms with Gasteiger partial charge >= 0.3 is 6.03 Å². The van der Waals surface area contributed by atoms with Crippen molar-refractivity contribution in [3.05, 3.63) is 23.4 Å². The Labute approximate surface area is 148 Å². The van der Waals surface area contributed by atoms with Crippen LogP contribution >= 0.6 is 11.6 Å². The Balaban J connectivity index is 2.04. The fraction of sp³-hybridized carbons (Fsp3) is 0.588. The summed E-state index contributed by atoms with van der Waals surface area (Å²) in [5, 5.41) is 0.535. The first-order chi connectivity index (χ1) is 11.5. The van der Waals surface area contributed by atoms with Crippen LogP contribution in [0.2, 0.25) is 5.02 Å². The highest BCUT2D eigenvalue weighted by Crippen LogP contribution is 2.22. The van der Waals surface area contributed by atoms with Gasteiger partial charge in [0, 0.05) is 39.4 Å². The van der Waals surface area contributed by atoms with Gasteiger partial charge in [-0.25, -0.2) is 9.78 Å². The Morgan fingerprint density at radius 1 is 1.33 bits per heavy atom. The number of piperidine rings is 1. The third-order valence-electron chi connectivity index (χ3n) is 4.46. The molecule has 1 fully saturated rings. The highest BCUT2D eigenvalue weighted by Gasteiger charge is 2.32. The van der Waals surface area contributed by atoms with Gasteiger partial charge in [0.05, 0.1) is 10.9 Å². The highest BCUT2D eigenvalue weighted by atomic mass is 35.5. The van der Waals surface area contributed by atoms with Gasteiger partial charge in [-0.3, -0.25) is 9.69 Å². The quantitative estimate of drug-likeness (QED) is 0.837. The smallest absolute Gasteiger partial charge is 0.320 e. The number of hydrogen-bond acceptors (Lipinski definition) is 3. The molecule has 0 N–H and O–H groups in total. The van der Waals surface area contributed by atoms with E-state index in [1.807, 2.05) is 13.8 Å². The maximum absolute atomic E-state index is 12.8. The monoisotopic (exact) mass is 352 g/mol. The molecule has 0 aliphatic carbocycles. The van der Waals surface area contributed by atoms with Crippen LogP contribution in [0.25, 0.3) is 0 Å². The van der Waals surface area contributed by atoms with Gasteiger partial charge in [0.2, 0.25) is 5.91 Å². The van der Waals surface area contributed by atoms with Gasteiger partial charge in [0.1, 0.15) is 5.82 Å². The van der Waals surface area contributed by atoms with E-state index in [0.29, 0.717) is 37.0 Å². The van der Waals surface area contributed by atoms with Crippen molar-refractivity contribution in [1.29, 1.82) is 0 Å². The summed E-state index contributed by atoms with van der Waals surface area (Å²) in [6, 6.07) is 3.46. The number of pyridine rings is 1. The van der Waals surface area contributed by atoms with Gasteiger partial charge in [-0.2, -0.15) is 0 Å². The van der Waals surface area contributed by atoms with Gasteiger partial charge < -0.3 is 9.80 Å². The molecule has 1 aliphatic heterocycles. The molecule has 1 unspecified atom stereocenters. The number of amides is 3. The summed E-state index contributed by atoms with van der Waals surface area (Å²) in [6.07, 6.45) is 3.15. The van der Waals surface area contributed by atoms with Gasteiger partial charge in [-0.05, 0) is 38.8 Å². The summed E-state index contributed by atoms with van der Waals surface area (Å²) in [5.74, 6) is 0.360. The lowest BCUT2D eigenvalue weighted by atomic mass is 9.97. The number of aromatic nitrogens is 1. The molecule has 1 aliphatic rings. The molecule has 7 heteroatoms. The van der Waals surface area contributed by atoms with Gasteiger partial charge in [0.25, 0.3) is 0 Å². The molecular weight excluding hydrogens is 328 g/mol. The third kappa shape index (κ3) is 4.17. The molecule has 0 spiro atoms. The van der Waals surface area contributed by atoms with Crippen molar-refractivity contribution >= 4 is 29.4 Å². The van der Waals surface area contributed by atoms with Gasteiger partial charge in [-0.1, -0.05) is 11.6 Å². The SMILES string of the molecule is CCN(CC)C(=O)N1CCCC(C(=O)N(C)c2ccc(Cl)cn2)C1. The first-order valence-corrected chi connectivity index (χ1v) is 8.78. The van der Waals surface area contributed by atoms with E-state index in [-0.39, 0.29) is 17.9 Å². The van der Waals surface area contributed by atoms with E-state index in [9.17, 15) is 9.59 Å². The maximum Gasteiger partial charge on any atom is 0.320 e. The van der Waals surface area contributed by atoms with Gasteiger partial charge in [0.15, 0.2) is 0 Å². The number of nitrogens with zero attached hydrogens (tertiary/aromatic N) is 4. The number of urea groups is 1. The van der Waals surface area contributed by atoms with Crippen molar-refractivity contribution in [2.24, 2.45) is 5.92 Å². The summed E-state index contributed by atoms with van der Waals surface area (Å²) >= 11 is 5.84. The molecule has 24 heavy (non-hydrogen) atoms. The summed E-state index contributed by atoms with van der Waals surface area (Å²) in [5.41, 5.74) is 0. The molecule has 2 heterocycles. The number of halogens is 1. The lowest BCUT2D eigenvalue weighted by Crippen LogP contribution is -2.50. The number of carbonyl (C=O) groups excluding carboxylic acids is 2. The second-order valence-electron chi connectivity index (χ2n) is 5.97. The molecule has 6 nitrogen and oxygen atoms in total. The van der Waals surface area contributed by atoms with Crippen molar-refractivity contribution in [1.82, 2.24) is 14.8 Å². The molecule has 2 rings (SSSR count). The molecule has 1 atom stereocenters. The normalized spacial score (nSPS) is 17.5. The molecule has 3 amide bonds. The van der Waals surface area contributed by atoms with Crippen LogP contribution in [-0.4, -0.2) is 59.9 Å². The largest absolute Gasteiger partial charge is 0.325 e. The third-order valence-corrected chi connectivity index (χ3v) is 4.68. The van der Waals surface area contributed by atoms with E-state index >= 15 is 0 Å². The minimum atomic E-state index is -0.194. The van der Waals surface area contributed by atoms with Crippen molar-refractivity contribution in [2.75, 3.05) is 38.1 Å². The molecular formula is C17H25ClN4O2. The van der Waals surface area contributed by atoms with Crippen LogP contribution in [0.5, 0.6) is 0 Å². The van der Waals surface area contributed by atoms with E-state index in [1.54, 1.807) is 33.9 Å². The Morgan fingerprint density at radius 2 is 2.04 bits per heavy atom. The molecule has 1 aromatic heterocycles. The first kappa shape index (κ1) is 18.5. The summed E-state index contributed by atoms with van der Waals surface area (Å²) in [4.78, 5) is 34.6. The maximum atomic E-state index is 12.8. The molecule has 0 bridgehead atoms. The van der Waals surface area contributed by atoms with Crippen LogP contribution in [-0.2, 0) is 4.79 Å². The van der Waals surface area contributed by atoms with Crippen LogP contribution < -0.4 is 4.90 Å². The number of hydrogen-bond donors (Lipinski definition) is 0. The first-order valence-electron chi connectivity index (χ1n) is 8.40. The fourth-order valence-corrected chi connectivity index (χ4v) is 3.11. The zero-order valence-corrected chi connectivity index (χ0v) is 15.3. The van der Waals surface area contributed by atoms with E-state index in [4.69, 9.17) is 11.6 Å². The zero-order chi connectivity index (χ0) is 17.7. The molecule has 0 radical (unpaired) electrons.